The zero-order valence-electron chi connectivity index (χ0n) is 17.8. The van der Waals surface area contributed by atoms with Crippen molar-refractivity contribution >= 4 is 17.5 Å². The monoisotopic (exact) mass is 426 g/mol. The van der Waals surface area contributed by atoms with Crippen LogP contribution in [0.4, 0.5) is 0 Å². The normalized spacial score (nSPS) is 18.5. The molecule has 0 spiro atoms. The van der Waals surface area contributed by atoms with E-state index in [4.69, 9.17) is 11.6 Å². The molecular weight excluding hydrogens is 396 g/mol. The number of nitrogens with zero attached hydrogens (tertiary/aromatic N) is 4. The molecule has 0 N–H and O–H groups in total. The maximum Gasteiger partial charge on any atom is 0.272 e. The van der Waals surface area contributed by atoms with Crippen molar-refractivity contribution < 1.29 is 4.79 Å². The highest BCUT2D eigenvalue weighted by Gasteiger charge is 2.29. The minimum atomic E-state index is 0.0553. The number of benzene rings is 1. The molecule has 0 radical (unpaired) electrons. The standard InChI is InChI=1S/C24H31ClN4O/c1-18-22(10-7-19-5-8-20(25)9-6-19)26-17-27-23(18)24(30)29-15-11-21(12-16-29)28-13-3-2-4-14-28/h5-6,8-9,17,21H,2-4,7,10-16H2,1H3. The molecule has 4 rings (SSSR count). The first-order valence-corrected chi connectivity index (χ1v) is 11.6. The van der Waals surface area contributed by atoms with E-state index in [1.807, 2.05) is 36.1 Å². The lowest BCUT2D eigenvalue weighted by molar-refractivity contribution is 0.0583. The van der Waals surface area contributed by atoms with Gasteiger partial charge >= 0.3 is 0 Å². The van der Waals surface area contributed by atoms with E-state index in [2.05, 4.69) is 14.9 Å². The Labute approximate surface area is 184 Å². The van der Waals surface area contributed by atoms with Crippen LogP contribution in [0.1, 0.15) is 59.4 Å². The van der Waals surface area contributed by atoms with Gasteiger partial charge in [-0.1, -0.05) is 30.2 Å². The van der Waals surface area contributed by atoms with Gasteiger partial charge in [-0.15, -0.1) is 0 Å². The van der Waals surface area contributed by atoms with Crippen molar-refractivity contribution in [2.75, 3.05) is 26.2 Å². The summed E-state index contributed by atoms with van der Waals surface area (Å²) in [6.07, 6.45) is 9.32. The van der Waals surface area contributed by atoms with Crippen LogP contribution in [0.25, 0.3) is 0 Å². The first kappa shape index (κ1) is 21.3. The van der Waals surface area contributed by atoms with Gasteiger partial charge in [0.2, 0.25) is 0 Å². The Bertz CT molecular complexity index is 856. The predicted octanol–water partition coefficient (Wildman–Crippen LogP) is 4.31. The van der Waals surface area contributed by atoms with Gasteiger partial charge in [-0.3, -0.25) is 4.79 Å². The van der Waals surface area contributed by atoms with E-state index in [1.165, 1.54) is 44.2 Å². The molecular formula is C24H31ClN4O. The number of aryl methyl sites for hydroxylation is 2. The number of carbonyl (C=O) groups is 1. The Balaban J connectivity index is 1.37. The van der Waals surface area contributed by atoms with Gasteiger partial charge in [0.05, 0.1) is 0 Å². The van der Waals surface area contributed by atoms with E-state index in [1.54, 1.807) is 0 Å². The Kier molecular flexibility index (Phi) is 7.00. The SMILES string of the molecule is Cc1c(CCc2ccc(Cl)cc2)ncnc1C(=O)N1CCC(N2CCCCC2)CC1. The number of aromatic nitrogens is 2. The average Bonchev–Trinajstić information content (AvgIpc) is 2.80. The van der Waals surface area contributed by atoms with Crippen molar-refractivity contribution in [3.05, 3.63) is 58.1 Å². The summed E-state index contributed by atoms with van der Waals surface area (Å²) in [6, 6.07) is 8.53. The lowest BCUT2D eigenvalue weighted by Crippen LogP contribution is -2.48. The molecule has 0 saturated carbocycles. The molecule has 3 heterocycles. The van der Waals surface area contributed by atoms with Crippen molar-refractivity contribution in [1.82, 2.24) is 19.8 Å². The topological polar surface area (TPSA) is 49.3 Å². The second-order valence-electron chi connectivity index (χ2n) is 8.54. The van der Waals surface area contributed by atoms with Gasteiger partial charge in [-0.05, 0) is 76.2 Å². The van der Waals surface area contributed by atoms with Gasteiger partial charge in [0.15, 0.2) is 0 Å². The van der Waals surface area contributed by atoms with E-state index >= 15 is 0 Å². The summed E-state index contributed by atoms with van der Waals surface area (Å²) in [6.45, 7) is 6.07. The third-order valence-electron chi connectivity index (χ3n) is 6.61. The molecule has 2 saturated heterocycles. The minimum Gasteiger partial charge on any atom is -0.337 e. The summed E-state index contributed by atoms with van der Waals surface area (Å²) in [4.78, 5) is 26.6. The Morgan fingerprint density at radius 3 is 2.40 bits per heavy atom. The number of piperidine rings is 2. The fourth-order valence-corrected chi connectivity index (χ4v) is 4.86. The van der Waals surface area contributed by atoms with Crippen LogP contribution in [0.15, 0.2) is 30.6 Å². The van der Waals surface area contributed by atoms with Gasteiger partial charge in [-0.2, -0.15) is 0 Å². The molecule has 2 aliphatic rings. The summed E-state index contributed by atoms with van der Waals surface area (Å²) in [7, 11) is 0. The summed E-state index contributed by atoms with van der Waals surface area (Å²) >= 11 is 5.97. The van der Waals surface area contributed by atoms with Crippen LogP contribution in [-0.4, -0.2) is 57.9 Å². The molecule has 6 heteroatoms. The van der Waals surface area contributed by atoms with Crippen molar-refractivity contribution in [1.29, 1.82) is 0 Å². The molecule has 160 valence electrons. The highest BCUT2D eigenvalue weighted by atomic mass is 35.5. The zero-order valence-corrected chi connectivity index (χ0v) is 18.6. The highest BCUT2D eigenvalue weighted by molar-refractivity contribution is 6.30. The van der Waals surface area contributed by atoms with Gasteiger partial charge in [0.25, 0.3) is 5.91 Å². The fraction of sp³-hybridized carbons (Fsp3) is 0.542. The van der Waals surface area contributed by atoms with Crippen LogP contribution in [0.3, 0.4) is 0 Å². The number of amides is 1. The van der Waals surface area contributed by atoms with Crippen LogP contribution in [0.5, 0.6) is 0 Å². The predicted molar refractivity (Wildman–Crippen MR) is 120 cm³/mol. The molecule has 1 amide bonds. The average molecular weight is 427 g/mol. The van der Waals surface area contributed by atoms with Gasteiger partial charge in [0.1, 0.15) is 12.0 Å². The van der Waals surface area contributed by atoms with Crippen LogP contribution in [0.2, 0.25) is 5.02 Å². The van der Waals surface area contributed by atoms with E-state index in [-0.39, 0.29) is 5.91 Å². The van der Waals surface area contributed by atoms with Crippen molar-refractivity contribution in [3.63, 3.8) is 0 Å². The van der Waals surface area contributed by atoms with Crippen LogP contribution in [0, 0.1) is 6.92 Å². The molecule has 2 fully saturated rings. The van der Waals surface area contributed by atoms with Crippen LogP contribution < -0.4 is 0 Å². The summed E-state index contributed by atoms with van der Waals surface area (Å²) in [5.74, 6) is 0.0553. The number of halogens is 1. The number of carbonyl (C=O) groups excluding carboxylic acids is 1. The fourth-order valence-electron chi connectivity index (χ4n) is 4.74. The van der Waals surface area contributed by atoms with Crippen molar-refractivity contribution in [3.8, 4) is 0 Å². The first-order chi connectivity index (χ1) is 14.6. The molecule has 0 unspecified atom stereocenters. The van der Waals surface area contributed by atoms with Gasteiger partial charge in [-0.25, -0.2) is 9.97 Å². The maximum absolute atomic E-state index is 13.2. The molecule has 0 aliphatic carbocycles. The minimum absolute atomic E-state index is 0.0553. The number of hydrogen-bond acceptors (Lipinski definition) is 4. The number of likely N-dealkylation sites (tertiary alicyclic amines) is 2. The second kappa shape index (κ2) is 9.88. The Morgan fingerprint density at radius 1 is 1.00 bits per heavy atom. The van der Waals surface area contributed by atoms with Gasteiger partial charge in [0, 0.05) is 35.4 Å². The largest absolute Gasteiger partial charge is 0.337 e. The molecule has 0 atom stereocenters. The number of rotatable bonds is 5. The molecule has 1 aromatic carbocycles. The van der Waals surface area contributed by atoms with Crippen molar-refractivity contribution in [2.24, 2.45) is 0 Å². The zero-order chi connectivity index (χ0) is 20.9. The van der Waals surface area contributed by atoms with E-state index in [0.29, 0.717) is 11.7 Å². The van der Waals surface area contributed by atoms with E-state index in [9.17, 15) is 4.79 Å². The summed E-state index contributed by atoms with van der Waals surface area (Å²) in [5, 5.41) is 0.744. The maximum atomic E-state index is 13.2. The molecule has 1 aromatic heterocycles. The smallest absolute Gasteiger partial charge is 0.272 e. The lowest BCUT2D eigenvalue weighted by Gasteiger charge is -2.40. The third-order valence-corrected chi connectivity index (χ3v) is 6.87. The summed E-state index contributed by atoms with van der Waals surface area (Å²) < 4.78 is 0. The molecule has 2 aromatic rings. The van der Waals surface area contributed by atoms with Gasteiger partial charge < -0.3 is 9.80 Å². The molecule has 30 heavy (non-hydrogen) atoms. The number of hydrogen-bond donors (Lipinski definition) is 0. The lowest BCUT2D eigenvalue weighted by atomic mass is 9.99. The first-order valence-electron chi connectivity index (χ1n) is 11.2. The Hall–Kier alpha value is -1.98. The quantitative estimate of drug-likeness (QED) is 0.714. The summed E-state index contributed by atoms with van der Waals surface area (Å²) in [5.41, 5.74) is 3.64. The van der Waals surface area contributed by atoms with Crippen LogP contribution in [-0.2, 0) is 12.8 Å². The Morgan fingerprint density at radius 2 is 1.70 bits per heavy atom. The third kappa shape index (κ3) is 5.01. The highest BCUT2D eigenvalue weighted by Crippen LogP contribution is 2.23. The molecule has 0 bridgehead atoms. The molecule has 5 nitrogen and oxygen atoms in total. The van der Waals surface area contributed by atoms with Crippen LogP contribution >= 0.6 is 11.6 Å². The second-order valence-corrected chi connectivity index (χ2v) is 8.98. The van der Waals surface area contributed by atoms with E-state index in [0.717, 1.165) is 55.1 Å². The van der Waals surface area contributed by atoms with Crippen molar-refractivity contribution in [2.45, 2.75) is 57.9 Å². The van der Waals surface area contributed by atoms with E-state index < -0.39 is 0 Å². The molecule has 2 aliphatic heterocycles.